The van der Waals surface area contributed by atoms with Crippen LogP contribution in [-0.2, 0) is 5.41 Å². The number of aryl methyl sites for hydroxylation is 1. The first-order valence-corrected chi connectivity index (χ1v) is 7.57. The number of thiazole rings is 1. The maximum atomic E-state index is 12.4. The zero-order chi connectivity index (χ0) is 14.2. The molecule has 0 bridgehead atoms. The molecule has 1 aliphatic heterocycles. The summed E-state index contributed by atoms with van der Waals surface area (Å²) in [6.07, 6.45) is 5.04. The molecule has 0 unspecified atom stereocenters. The molecule has 0 aromatic carbocycles. The molecule has 20 heavy (non-hydrogen) atoms. The smallest absolute Gasteiger partial charge is 0.276 e. The molecule has 0 saturated carbocycles. The Morgan fingerprint density at radius 1 is 1.40 bits per heavy atom. The molecule has 0 radical (unpaired) electrons. The summed E-state index contributed by atoms with van der Waals surface area (Å²) in [6, 6.07) is 0. The van der Waals surface area contributed by atoms with Crippen LogP contribution >= 0.6 is 11.3 Å². The summed E-state index contributed by atoms with van der Waals surface area (Å²) < 4.78 is 5.11. The van der Waals surface area contributed by atoms with E-state index in [2.05, 4.69) is 16.9 Å². The Kier molecular flexibility index (Phi) is 3.33. The van der Waals surface area contributed by atoms with Gasteiger partial charge in [0, 0.05) is 30.1 Å². The Balaban J connectivity index is 1.70. The molecule has 106 valence electrons. The molecule has 5 nitrogen and oxygen atoms in total. The molecule has 1 fully saturated rings. The third-order valence-corrected chi connectivity index (χ3v) is 5.13. The normalized spacial score (nSPS) is 18.2. The minimum Gasteiger partial charge on any atom is -0.448 e. The summed E-state index contributed by atoms with van der Waals surface area (Å²) >= 11 is 1.70. The Morgan fingerprint density at radius 3 is 2.70 bits per heavy atom. The van der Waals surface area contributed by atoms with E-state index in [1.165, 1.54) is 11.4 Å². The number of aromatic nitrogens is 2. The van der Waals surface area contributed by atoms with Gasteiger partial charge < -0.3 is 9.32 Å². The summed E-state index contributed by atoms with van der Waals surface area (Å²) in [5.74, 6) is 0.556. The lowest BCUT2D eigenvalue weighted by atomic mass is 9.81. The van der Waals surface area contributed by atoms with Crippen molar-refractivity contribution in [3.05, 3.63) is 34.4 Å². The predicted molar refractivity (Wildman–Crippen MR) is 75.8 cm³/mol. The van der Waals surface area contributed by atoms with Gasteiger partial charge in [-0.1, -0.05) is 6.92 Å². The van der Waals surface area contributed by atoms with Gasteiger partial charge in [0.2, 0.25) is 0 Å². The quantitative estimate of drug-likeness (QED) is 0.853. The van der Waals surface area contributed by atoms with E-state index in [-0.39, 0.29) is 11.3 Å². The molecule has 1 saturated heterocycles. The molecule has 0 N–H and O–H groups in total. The van der Waals surface area contributed by atoms with Gasteiger partial charge in [-0.2, -0.15) is 0 Å². The maximum Gasteiger partial charge on any atom is 0.276 e. The summed E-state index contributed by atoms with van der Waals surface area (Å²) in [7, 11) is 0. The van der Waals surface area contributed by atoms with Crippen LogP contribution in [0.25, 0.3) is 0 Å². The van der Waals surface area contributed by atoms with E-state index >= 15 is 0 Å². The van der Waals surface area contributed by atoms with E-state index in [0.29, 0.717) is 11.5 Å². The topological polar surface area (TPSA) is 59.2 Å². The van der Waals surface area contributed by atoms with Crippen LogP contribution in [0.15, 0.2) is 22.4 Å². The van der Waals surface area contributed by atoms with Gasteiger partial charge in [-0.15, -0.1) is 11.3 Å². The van der Waals surface area contributed by atoms with Crippen LogP contribution in [0.4, 0.5) is 0 Å². The molecule has 0 spiro atoms. The molecule has 3 heterocycles. The molecule has 3 rings (SSSR count). The first kappa shape index (κ1) is 13.3. The van der Waals surface area contributed by atoms with Crippen LogP contribution in [0.1, 0.15) is 41.0 Å². The zero-order valence-electron chi connectivity index (χ0n) is 11.6. The van der Waals surface area contributed by atoms with Crippen LogP contribution in [0, 0.1) is 6.92 Å². The summed E-state index contributed by atoms with van der Waals surface area (Å²) in [5.41, 5.74) is 0.520. The highest BCUT2D eigenvalue weighted by Gasteiger charge is 2.36. The first-order valence-electron chi connectivity index (χ1n) is 6.69. The third-order valence-electron chi connectivity index (χ3n) is 4.05. The van der Waals surface area contributed by atoms with Crippen molar-refractivity contribution in [3.63, 3.8) is 0 Å². The Hall–Kier alpha value is -1.69. The lowest BCUT2D eigenvalue weighted by molar-refractivity contribution is 0.0669. The second-order valence-corrected chi connectivity index (χ2v) is 6.34. The van der Waals surface area contributed by atoms with Gasteiger partial charge in [-0.3, -0.25) is 4.79 Å². The van der Waals surface area contributed by atoms with Crippen molar-refractivity contribution in [2.75, 3.05) is 13.1 Å². The SMILES string of the molecule is Cc1ocnc1C(=O)N1CCC(C)(c2nccs2)CC1. The average Bonchev–Trinajstić information content (AvgIpc) is 3.10. The molecular weight excluding hydrogens is 274 g/mol. The molecule has 2 aromatic rings. The van der Waals surface area contributed by atoms with Crippen molar-refractivity contribution in [2.24, 2.45) is 0 Å². The minimum atomic E-state index is -0.0301. The largest absolute Gasteiger partial charge is 0.448 e. The lowest BCUT2D eigenvalue weighted by Crippen LogP contribution is -2.44. The van der Waals surface area contributed by atoms with Crippen LogP contribution in [0.2, 0.25) is 0 Å². The molecule has 1 amide bonds. The highest BCUT2D eigenvalue weighted by atomic mass is 32.1. The number of likely N-dealkylation sites (tertiary alicyclic amines) is 1. The molecule has 1 aliphatic rings. The van der Waals surface area contributed by atoms with Crippen molar-refractivity contribution in [2.45, 2.75) is 32.1 Å². The van der Waals surface area contributed by atoms with Crippen LogP contribution in [0.3, 0.4) is 0 Å². The van der Waals surface area contributed by atoms with E-state index in [4.69, 9.17) is 4.42 Å². The summed E-state index contributed by atoms with van der Waals surface area (Å²) in [5, 5.41) is 3.18. The highest BCUT2D eigenvalue weighted by molar-refractivity contribution is 7.09. The van der Waals surface area contributed by atoms with Crippen molar-refractivity contribution in [3.8, 4) is 0 Å². The number of oxazole rings is 1. The number of rotatable bonds is 2. The van der Waals surface area contributed by atoms with Gasteiger partial charge in [0.25, 0.3) is 5.91 Å². The number of nitrogens with zero attached hydrogens (tertiary/aromatic N) is 3. The maximum absolute atomic E-state index is 12.4. The fourth-order valence-electron chi connectivity index (χ4n) is 2.60. The fraction of sp³-hybridized carbons (Fsp3) is 0.500. The fourth-order valence-corrected chi connectivity index (χ4v) is 3.46. The first-order chi connectivity index (χ1) is 9.60. The van der Waals surface area contributed by atoms with Gasteiger partial charge in [-0.25, -0.2) is 9.97 Å². The van der Waals surface area contributed by atoms with Crippen LogP contribution in [-0.4, -0.2) is 33.9 Å². The van der Waals surface area contributed by atoms with Gasteiger partial charge in [0.1, 0.15) is 5.76 Å². The number of hydrogen-bond acceptors (Lipinski definition) is 5. The van der Waals surface area contributed by atoms with E-state index in [1.54, 1.807) is 18.3 Å². The van der Waals surface area contributed by atoms with Gasteiger partial charge in [0.05, 0.1) is 5.01 Å². The van der Waals surface area contributed by atoms with Crippen molar-refractivity contribution in [1.82, 2.24) is 14.9 Å². The Morgan fingerprint density at radius 2 is 2.15 bits per heavy atom. The van der Waals surface area contributed by atoms with Gasteiger partial charge in [-0.05, 0) is 19.8 Å². The minimum absolute atomic E-state index is 0.0301. The number of carbonyl (C=O) groups is 1. The zero-order valence-corrected chi connectivity index (χ0v) is 12.4. The molecule has 6 heteroatoms. The van der Waals surface area contributed by atoms with Crippen molar-refractivity contribution >= 4 is 17.2 Å². The average molecular weight is 291 g/mol. The lowest BCUT2D eigenvalue weighted by Gasteiger charge is -2.37. The second-order valence-electron chi connectivity index (χ2n) is 5.45. The summed E-state index contributed by atoms with van der Waals surface area (Å²) in [4.78, 5) is 22.7. The van der Waals surface area contributed by atoms with Gasteiger partial charge in [0.15, 0.2) is 12.1 Å². The van der Waals surface area contributed by atoms with E-state index < -0.39 is 0 Å². The van der Waals surface area contributed by atoms with Gasteiger partial charge >= 0.3 is 0 Å². The van der Waals surface area contributed by atoms with Crippen molar-refractivity contribution in [1.29, 1.82) is 0 Å². The summed E-state index contributed by atoms with van der Waals surface area (Å²) in [6.45, 7) is 5.47. The number of piperidine rings is 1. The monoisotopic (exact) mass is 291 g/mol. The molecule has 0 atom stereocenters. The Labute approximate surface area is 121 Å². The number of amides is 1. The van der Waals surface area contributed by atoms with Crippen LogP contribution < -0.4 is 0 Å². The second kappa shape index (κ2) is 5.01. The number of hydrogen-bond donors (Lipinski definition) is 0. The Bertz CT molecular complexity index is 598. The van der Waals surface area contributed by atoms with E-state index in [0.717, 1.165) is 25.9 Å². The molecular formula is C14H17N3O2S. The van der Waals surface area contributed by atoms with E-state index in [9.17, 15) is 4.79 Å². The predicted octanol–water partition coefficient (Wildman–Crippen LogP) is 2.63. The highest BCUT2D eigenvalue weighted by Crippen LogP contribution is 2.36. The number of carbonyl (C=O) groups excluding carboxylic acids is 1. The molecule has 2 aromatic heterocycles. The van der Waals surface area contributed by atoms with Crippen LogP contribution in [0.5, 0.6) is 0 Å². The molecule has 0 aliphatic carbocycles. The van der Waals surface area contributed by atoms with Crippen molar-refractivity contribution < 1.29 is 9.21 Å². The van der Waals surface area contributed by atoms with E-state index in [1.807, 2.05) is 16.5 Å². The third kappa shape index (κ3) is 2.24. The standard InChI is InChI=1S/C14H17N3O2S/c1-10-11(16-9-19-10)12(18)17-6-3-14(2,4-7-17)13-15-5-8-20-13/h5,8-9H,3-4,6-7H2,1-2H3.